The number of carbonyl (C=O) groups is 1. The minimum atomic E-state index is 0.0175. The third kappa shape index (κ3) is 3.83. The number of nitrogens with two attached hydrogens (primary N) is 1. The van der Waals surface area contributed by atoms with Crippen LogP contribution < -0.4 is 5.73 Å². The number of likely N-dealkylation sites (tertiary alicyclic amines) is 1. The maximum Gasteiger partial charge on any atom is 0.222 e. The van der Waals surface area contributed by atoms with E-state index < -0.39 is 0 Å². The standard InChI is InChI=1S/C16H23BrN2O/c1-16(2)11-19(9-8-14(16)18)15(20)7-6-12-4-3-5-13(17)10-12/h3-5,10,14H,6-9,11,18H2,1-2H3. The summed E-state index contributed by atoms with van der Waals surface area (Å²) in [5, 5.41) is 0. The molecule has 1 aromatic rings. The van der Waals surface area contributed by atoms with Crippen molar-refractivity contribution in [3.05, 3.63) is 34.3 Å². The summed E-state index contributed by atoms with van der Waals surface area (Å²) in [6, 6.07) is 8.33. The molecule has 3 nitrogen and oxygen atoms in total. The van der Waals surface area contributed by atoms with Gasteiger partial charge in [-0.1, -0.05) is 41.9 Å². The van der Waals surface area contributed by atoms with Crippen LogP contribution in [0.1, 0.15) is 32.3 Å². The molecule has 1 aliphatic heterocycles. The van der Waals surface area contributed by atoms with Crippen LogP contribution in [-0.2, 0) is 11.2 Å². The first kappa shape index (κ1) is 15.5. The lowest BCUT2D eigenvalue weighted by molar-refractivity contribution is -0.134. The molecule has 1 aromatic carbocycles. The third-order valence-electron chi connectivity index (χ3n) is 4.18. The summed E-state index contributed by atoms with van der Waals surface area (Å²) in [6.07, 6.45) is 2.26. The molecule has 0 spiro atoms. The number of halogens is 1. The summed E-state index contributed by atoms with van der Waals surface area (Å²) in [5.41, 5.74) is 7.33. The van der Waals surface area contributed by atoms with Crippen LogP contribution in [0.15, 0.2) is 28.7 Å². The first-order chi connectivity index (χ1) is 9.38. The molecule has 1 atom stereocenters. The van der Waals surface area contributed by atoms with Crippen LogP contribution in [-0.4, -0.2) is 29.9 Å². The second kappa shape index (κ2) is 6.27. The minimum absolute atomic E-state index is 0.0175. The van der Waals surface area contributed by atoms with E-state index in [9.17, 15) is 4.79 Å². The third-order valence-corrected chi connectivity index (χ3v) is 4.67. The summed E-state index contributed by atoms with van der Waals surface area (Å²) in [5.74, 6) is 0.241. The first-order valence-electron chi connectivity index (χ1n) is 7.16. The van der Waals surface area contributed by atoms with E-state index in [1.165, 1.54) is 5.56 Å². The van der Waals surface area contributed by atoms with Crippen molar-refractivity contribution in [1.29, 1.82) is 0 Å². The fourth-order valence-corrected chi connectivity index (χ4v) is 3.14. The summed E-state index contributed by atoms with van der Waals surface area (Å²) in [6.45, 7) is 5.85. The molecule has 20 heavy (non-hydrogen) atoms. The van der Waals surface area contributed by atoms with E-state index >= 15 is 0 Å². The van der Waals surface area contributed by atoms with Crippen LogP contribution in [0.5, 0.6) is 0 Å². The highest BCUT2D eigenvalue weighted by atomic mass is 79.9. The Kier molecular flexibility index (Phi) is 4.86. The molecule has 1 heterocycles. The van der Waals surface area contributed by atoms with Gasteiger partial charge in [0.2, 0.25) is 5.91 Å². The maximum atomic E-state index is 12.3. The van der Waals surface area contributed by atoms with Gasteiger partial charge in [0.15, 0.2) is 0 Å². The quantitative estimate of drug-likeness (QED) is 0.920. The van der Waals surface area contributed by atoms with E-state index in [1.54, 1.807) is 0 Å². The Morgan fingerprint density at radius 3 is 2.90 bits per heavy atom. The van der Waals surface area contributed by atoms with Crippen molar-refractivity contribution in [1.82, 2.24) is 4.90 Å². The highest BCUT2D eigenvalue weighted by Gasteiger charge is 2.34. The number of hydrogen-bond acceptors (Lipinski definition) is 2. The highest BCUT2D eigenvalue weighted by Crippen LogP contribution is 2.28. The fourth-order valence-electron chi connectivity index (χ4n) is 2.69. The van der Waals surface area contributed by atoms with Gasteiger partial charge in [-0.05, 0) is 36.0 Å². The number of amides is 1. The zero-order valence-electron chi connectivity index (χ0n) is 12.2. The molecule has 1 saturated heterocycles. The topological polar surface area (TPSA) is 46.3 Å². The zero-order chi connectivity index (χ0) is 14.8. The molecule has 4 heteroatoms. The van der Waals surface area contributed by atoms with E-state index in [4.69, 9.17) is 5.73 Å². The molecule has 0 aliphatic carbocycles. The molecule has 0 bridgehead atoms. The molecule has 0 aromatic heterocycles. The lowest BCUT2D eigenvalue weighted by Crippen LogP contribution is -2.54. The normalized spacial score (nSPS) is 21.8. The van der Waals surface area contributed by atoms with Crippen LogP contribution in [0.3, 0.4) is 0 Å². The number of rotatable bonds is 3. The maximum absolute atomic E-state index is 12.3. The van der Waals surface area contributed by atoms with E-state index in [-0.39, 0.29) is 17.4 Å². The highest BCUT2D eigenvalue weighted by molar-refractivity contribution is 9.10. The molecule has 1 unspecified atom stereocenters. The SMILES string of the molecule is CC1(C)CN(C(=O)CCc2cccc(Br)c2)CCC1N. The second-order valence-corrected chi connectivity index (χ2v) is 7.24. The molecule has 1 aliphatic rings. The number of aryl methyl sites for hydroxylation is 1. The minimum Gasteiger partial charge on any atom is -0.342 e. The van der Waals surface area contributed by atoms with E-state index in [0.717, 1.165) is 30.4 Å². The molecule has 1 fully saturated rings. The van der Waals surface area contributed by atoms with Crippen LogP contribution >= 0.6 is 15.9 Å². The zero-order valence-corrected chi connectivity index (χ0v) is 13.8. The van der Waals surface area contributed by atoms with Gasteiger partial charge in [-0.15, -0.1) is 0 Å². The molecular formula is C16H23BrN2O. The number of piperidine rings is 1. The summed E-state index contributed by atoms with van der Waals surface area (Å²) in [4.78, 5) is 14.3. The van der Waals surface area contributed by atoms with Gasteiger partial charge in [-0.2, -0.15) is 0 Å². The fraction of sp³-hybridized carbons (Fsp3) is 0.562. The predicted molar refractivity (Wildman–Crippen MR) is 85.4 cm³/mol. The van der Waals surface area contributed by atoms with E-state index in [0.29, 0.717) is 6.42 Å². The molecule has 2 rings (SSSR count). The Balaban J connectivity index is 1.89. The molecule has 0 saturated carbocycles. The summed E-state index contributed by atoms with van der Waals surface area (Å²) in [7, 11) is 0. The molecule has 0 radical (unpaired) electrons. The van der Waals surface area contributed by atoms with Gasteiger partial charge in [-0.25, -0.2) is 0 Å². The smallest absolute Gasteiger partial charge is 0.222 e. The van der Waals surface area contributed by atoms with Crippen molar-refractivity contribution < 1.29 is 4.79 Å². The van der Waals surface area contributed by atoms with Crippen LogP contribution in [0.4, 0.5) is 0 Å². The van der Waals surface area contributed by atoms with Gasteiger partial charge in [0.05, 0.1) is 0 Å². The van der Waals surface area contributed by atoms with Gasteiger partial charge >= 0.3 is 0 Å². The van der Waals surface area contributed by atoms with Gasteiger partial charge in [0.1, 0.15) is 0 Å². The first-order valence-corrected chi connectivity index (χ1v) is 7.95. The Bertz CT molecular complexity index is 487. The molecule has 2 N–H and O–H groups in total. The molecule has 1 amide bonds. The number of nitrogens with zero attached hydrogens (tertiary/aromatic N) is 1. The van der Waals surface area contributed by atoms with E-state index in [2.05, 4.69) is 41.9 Å². The predicted octanol–water partition coefficient (Wildman–Crippen LogP) is 2.97. The Morgan fingerprint density at radius 1 is 1.50 bits per heavy atom. The van der Waals surface area contributed by atoms with Crippen molar-refractivity contribution in [2.75, 3.05) is 13.1 Å². The monoisotopic (exact) mass is 338 g/mol. The van der Waals surface area contributed by atoms with Crippen molar-refractivity contribution in [2.24, 2.45) is 11.1 Å². The van der Waals surface area contributed by atoms with Crippen molar-refractivity contribution >= 4 is 21.8 Å². The summed E-state index contributed by atoms with van der Waals surface area (Å²) < 4.78 is 1.06. The van der Waals surface area contributed by atoms with Gasteiger partial charge in [-0.3, -0.25) is 4.79 Å². The van der Waals surface area contributed by atoms with Crippen LogP contribution in [0.25, 0.3) is 0 Å². The van der Waals surface area contributed by atoms with Crippen LogP contribution in [0.2, 0.25) is 0 Å². The largest absolute Gasteiger partial charge is 0.342 e. The van der Waals surface area contributed by atoms with Gasteiger partial charge in [0, 0.05) is 30.0 Å². The number of hydrogen-bond donors (Lipinski definition) is 1. The molecular weight excluding hydrogens is 316 g/mol. The Hall–Kier alpha value is -0.870. The second-order valence-electron chi connectivity index (χ2n) is 6.33. The summed E-state index contributed by atoms with van der Waals surface area (Å²) >= 11 is 3.46. The van der Waals surface area contributed by atoms with E-state index in [1.807, 2.05) is 17.0 Å². The lowest BCUT2D eigenvalue weighted by Gasteiger charge is -2.42. The number of benzene rings is 1. The Labute approximate surface area is 129 Å². The van der Waals surface area contributed by atoms with Crippen LogP contribution in [0, 0.1) is 5.41 Å². The molecule has 110 valence electrons. The van der Waals surface area contributed by atoms with Crippen molar-refractivity contribution in [2.45, 2.75) is 39.2 Å². The van der Waals surface area contributed by atoms with Gasteiger partial charge in [0.25, 0.3) is 0 Å². The van der Waals surface area contributed by atoms with Crippen molar-refractivity contribution in [3.63, 3.8) is 0 Å². The Morgan fingerprint density at radius 2 is 2.25 bits per heavy atom. The average molecular weight is 339 g/mol. The average Bonchev–Trinajstić information content (AvgIpc) is 2.39. The number of carbonyl (C=O) groups excluding carboxylic acids is 1. The van der Waals surface area contributed by atoms with Crippen molar-refractivity contribution in [3.8, 4) is 0 Å². The lowest BCUT2D eigenvalue weighted by atomic mass is 9.79. The van der Waals surface area contributed by atoms with Gasteiger partial charge < -0.3 is 10.6 Å².